The lowest BCUT2D eigenvalue weighted by Gasteiger charge is -2.18. The van der Waals surface area contributed by atoms with E-state index in [1.165, 1.54) is 24.3 Å². The van der Waals surface area contributed by atoms with Crippen LogP contribution in [0.3, 0.4) is 0 Å². The van der Waals surface area contributed by atoms with E-state index in [0.717, 1.165) is 11.6 Å². The van der Waals surface area contributed by atoms with Gasteiger partial charge >= 0.3 is 6.09 Å². The maximum absolute atomic E-state index is 14.4. The maximum atomic E-state index is 14.4. The predicted octanol–water partition coefficient (Wildman–Crippen LogP) is 4.91. The molecular formula is C24H18ClF2N3O3. The topological polar surface area (TPSA) is 84.1 Å². The van der Waals surface area contributed by atoms with Crippen LogP contribution in [0.15, 0.2) is 71.5 Å². The Labute approximate surface area is 192 Å². The number of carbonyl (C=O) groups excluding carboxylic acids is 1. The standard InChI is InChI=1S/C24H18ClF2N3O3/c25-18-9-10-19(27)21-20(18)23(31)30-22(29-21)17(15-7-4-8-16(26)11-15)12-28-24(32)33-13-14-5-2-1-3-6-14/h1-11,17H,12-13H2,(H,28,32)(H,29,30,31). The highest BCUT2D eigenvalue weighted by atomic mass is 35.5. The molecule has 0 aliphatic carbocycles. The second-order valence-corrected chi connectivity index (χ2v) is 7.66. The first-order chi connectivity index (χ1) is 15.9. The van der Waals surface area contributed by atoms with E-state index in [1.807, 2.05) is 30.3 Å². The number of fused-ring (bicyclic) bond motifs is 1. The van der Waals surface area contributed by atoms with Gasteiger partial charge in [-0.2, -0.15) is 0 Å². The molecule has 3 aromatic carbocycles. The van der Waals surface area contributed by atoms with Crippen LogP contribution in [0.25, 0.3) is 10.9 Å². The van der Waals surface area contributed by atoms with Gasteiger partial charge in [-0.05, 0) is 35.4 Å². The number of halogens is 3. The first-order valence-corrected chi connectivity index (χ1v) is 10.4. The predicted molar refractivity (Wildman–Crippen MR) is 120 cm³/mol. The van der Waals surface area contributed by atoms with E-state index in [9.17, 15) is 18.4 Å². The molecule has 1 heterocycles. The zero-order valence-electron chi connectivity index (χ0n) is 17.1. The number of ether oxygens (including phenoxy) is 1. The third-order valence-electron chi connectivity index (χ3n) is 5.02. The number of nitrogens with one attached hydrogen (secondary N) is 2. The van der Waals surface area contributed by atoms with Gasteiger partial charge in [0.1, 0.15) is 29.6 Å². The lowest BCUT2D eigenvalue weighted by Crippen LogP contribution is -2.31. The third-order valence-corrected chi connectivity index (χ3v) is 5.34. The van der Waals surface area contributed by atoms with Crippen molar-refractivity contribution in [1.82, 2.24) is 15.3 Å². The monoisotopic (exact) mass is 469 g/mol. The van der Waals surface area contributed by atoms with Crippen LogP contribution in [0.5, 0.6) is 0 Å². The molecule has 33 heavy (non-hydrogen) atoms. The number of alkyl carbamates (subject to hydrolysis) is 1. The number of aromatic nitrogens is 2. The van der Waals surface area contributed by atoms with E-state index < -0.39 is 29.2 Å². The summed E-state index contributed by atoms with van der Waals surface area (Å²) in [6.45, 7) is -0.0280. The van der Waals surface area contributed by atoms with Crippen LogP contribution in [-0.4, -0.2) is 22.6 Å². The quantitative estimate of drug-likeness (QED) is 0.420. The van der Waals surface area contributed by atoms with E-state index in [4.69, 9.17) is 16.3 Å². The molecule has 1 unspecified atom stereocenters. The van der Waals surface area contributed by atoms with Gasteiger partial charge in [0.2, 0.25) is 0 Å². The Morgan fingerprint density at radius 2 is 1.88 bits per heavy atom. The van der Waals surface area contributed by atoms with Gasteiger partial charge in [-0.25, -0.2) is 18.6 Å². The van der Waals surface area contributed by atoms with Crippen LogP contribution in [0.1, 0.15) is 22.9 Å². The molecule has 1 atom stereocenters. The average Bonchev–Trinajstić information content (AvgIpc) is 2.81. The summed E-state index contributed by atoms with van der Waals surface area (Å²) in [4.78, 5) is 31.7. The fourth-order valence-electron chi connectivity index (χ4n) is 3.41. The summed E-state index contributed by atoms with van der Waals surface area (Å²) < 4.78 is 33.5. The Kier molecular flexibility index (Phi) is 6.65. The highest BCUT2D eigenvalue weighted by molar-refractivity contribution is 6.35. The molecule has 168 valence electrons. The lowest BCUT2D eigenvalue weighted by molar-refractivity contribution is 0.139. The largest absolute Gasteiger partial charge is 0.445 e. The third kappa shape index (κ3) is 5.18. The van der Waals surface area contributed by atoms with Crippen LogP contribution in [0.2, 0.25) is 5.02 Å². The molecule has 0 fully saturated rings. The molecule has 0 bridgehead atoms. The van der Waals surface area contributed by atoms with Crippen LogP contribution >= 0.6 is 11.6 Å². The zero-order valence-corrected chi connectivity index (χ0v) is 17.9. The molecule has 1 amide bonds. The van der Waals surface area contributed by atoms with E-state index in [1.54, 1.807) is 6.07 Å². The highest BCUT2D eigenvalue weighted by Crippen LogP contribution is 2.26. The molecule has 0 aliphatic heterocycles. The van der Waals surface area contributed by atoms with Crippen molar-refractivity contribution in [3.63, 3.8) is 0 Å². The normalized spacial score (nSPS) is 11.8. The number of carbonyl (C=O) groups is 1. The van der Waals surface area contributed by atoms with E-state index in [2.05, 4.69) is 15.3 Å². The number of nitrogens with zero attached hydrogens (tertiary/aromatic N) is 1. The Morgan fingerprint density at radius 3 is 2.64 bits per heavy atom. The molecule has 0 saturated heterocycles. The molecular weight excluding hydrogens is 452 g/mol. The summed E-state index contributed by atoms with van der Waals surface area (Å²) in [6.07, 6.45) is -0.711. The molecule has 1 aromatic heterocycles. The van der Waals surface area contributed by atoms with Gasteiger partial charge in [0.05, 0.1) is 16.3 Å². The molecule has 9 heteroatoms. The minimum atomic E-state index is -0.791. The molecule has 2 N–H and O–H groups in total. The van der Waals surface area contributed by atoms with Crippen molar-refractivity contribution in [1.29, 1.82) is 0 Å². The molecule has 0 radical (unpaired) electrons. The summed E-state index contributed by atoms with van der Waals surface area (Å²) in [5.74, 6) is -1.99. The van der Waals surface area contributed by atoms with Crippen LogP contribution in [0, 0.1) is 11.6 Å². The summed E-state index contributed by atoms with van der Waals surface area (Å²) in [7, 11) is 0. The van der Waals surface area contributed by atoms with Gasteiger partial charge in [0, 0.05) is 6.54 Å². The first-order valence-electron chi connectivity index (χ1n) is 10.0. The van der Waals surface area contributed by atoms with Gasteiger partial charge in [-0.3, -0.25) is 4.79 Å². The summed E-state index contributed by atoms with van der Waals surface area (Å²) in [5.41, 5.74) is 0.368. The maximum Gasteiger partial charge on any atom is 0.407 e. The number of benzene rings is 3. The Morgan fingerprint density at radius 1 is 1.09 bits per heavy atom. The highest BCUT2D eigenvalue weighted by Gasteiger charge is 2.22. The van der Waals surface area contributed by atoms with E-state index in [0.29, 0.717) is 5.56 Å². The number of amides is 1. The van der Waals surface area contributed by atoms with Crippen molar-refractivity contribution in [3.8, 4) is 0 Å². The first kappa shape index (κ1) is 22.4. The van der Waals surface area contributed by atoms with Gasteiger partial charge < -0.3 is 15.0 Å². The van der Waals surface area contributed by atoms with E-state index >= 15 is 0 Å². The average molecular weight is 470 g/mol. The molecule has 4 rings (SSSR count). The van der Waals surface area contributed by atoms with E-state index in [-0.39, 0.29) is 34.9 Å². The number of aromatic amines is 1. The summed E-state index contributed by atoms with van der Waals surface area (Å²) in [5, 5.41) is 2.56. The second kappa shape index (κ2) is 9.79. The molecule has 4 aromatic rings. The van der Waals surface area contributed by atoms with Crippen molar-refractivity contribution in [2.75, 3.05) is 6.54 Å². The smallest absolute Gasteiger partial charge is 0.407 e. The van der Waals surface area contributed by atoms with Crippen molar-refractivity contribution < 1.29 is 18.3 Å². The number of rotatable bonds is 6. The zero-order chi connectivity index (χ0) is 23.4. The van der Waals surface area contributed by atoms with Crippen molar-refractivity contribution in [2.45, 2.75) is 12.5 Å². The minimum absolute atomic E-state index is 0.0441. The summed E-state index contributed by atoms with van der Waals surface area (Å²) >= 11 is 6.04. The number of hydrogen-bond acceptors (Lipinski definition) is 4. The van der Waals surface area contributed by atoms with Gasteiger partial charge in [-0.15, -0.1) is 0 Å². The lowest BCUT2D eigenvalue weighted by atomic mass is 9.97. The SMILES string of the molecule is O=C(NCC(c1cccc(F)c1)c1nc2c(F)ccc(Cl)c2c(=O)[nH]1)OCc1ccccc1. The van der Waals surface area contributed by atoms with Crippen molar-refractivity contribution >= 4 is 28.6 Å². The Hall–Kier alpha value is -3.78. The molecule has 0 aliphatic rings. The van der Waals surface area contributed by atoms with Crippen molar-refractivity contribution in [2.24, 2.45) is 0 Å². The van der Waals surface area contributed by atoms with Crippen molar-refractivity contribution in [3.05, 3.63) is 111 Å². The fraction of sp³-hybridized carbons (Fsp3) is 0.125. The Bertz CT molecular complexity index is 1360. The van der Waals surface area contributed by atoms with Crippen LogP contribution in [0.4, 0.5) is 13.6 Å². The van der Waals surface area contributed by atoms with Crippen LogP contribution < -0.4 is 10.9 Å². The molecule has 0 spiro atoms. The number of H-pyrrole nitrogens is 1. The number of hydrogen-bond donors (Lipinski definition) is 2. The fourth-order valence-corrected chi connectivity index (χ4v) is 3.65. The van der Waals surface area contributed by atoms with Gasteiger partial charge in [0.25, 0.3) is 5.56 Å². The Balaban J connectivity index is 1.63. The minimum Gasteiger partial charge on any atom is -0.445 e. The summed E-state index contributed by atoms with van der Waals surface area (Å²) in [6, 6.07) is 17.1. The molecule has 0 saturated carbocycles. The van der Waals surface area contributed by atoms with Crippen LogP contribution in [-0.2, 0) is 11.3 Å². The van der Waals surface area contributed by atoms with Gasteiger partial charge in [0.15, 0.2) is 0 Å². The second-order valence-electron chi connectivity index (χ2n) is 7.25. The molecule has 6 nitrogen and oxygen atoms in total. The van der Waals surface area contributed by atoms with Gasteiger partial charge in [-0.1, -0.05) is 54.1 Å².